The quantitative estimate of drug-likeness (QED) is 0.550. The maximum atomic E-state index is 13.9. The molecule has 11 heteroatoms. The minimum Gasteiger partial charge on any atom is -0.372 e. The summed E-state index contributed by atoms with van der Waals surface area (Å²) < 4.78 is 60.6. The van der Waals surface area contributed by atoms with Crippen LogP contribution in [0.5, 0.6) is 0 Å². The van der Waals surface area contributed by atoms with Gasteiger partial charge >= 0.3 is 6.18 Å². The zero-order valence-electron chi connectivity index (χ0n) is 21.6. The van der Waals surface area contributed by atoms with E-state index in [2.05, 4.69) is 5.10 Å². The van der Waals surface area contributed by atoms with Crippen LogP contribution >= 0.6 is 0 Å². The monoisotopic (exact) mass is 536 g/mol. The van der Waals surface area contributed by atoms with Crippen LogP contribution in [0.3, 0.4) is 0 Å². The van der Waals surface area contributed by atoms with Gasteiger partial charge < -0.3 is 14.5 Å². The third kappa shape index (κ3) is 5.43. The number of hydrogen-bond acceptors (Lipinski definition) is 4. The molecule has 38 heavy (non-hydrogen) atoms. The number of fused-ring (bicyclic) bond motifs is 1. The molecule has 0 bridgehead atoms. The summed E-state index contributed by atoms with van der Waals surface area (Å²) in [6, 6.07) is 2.66. The maximum Gasteiger partial charge on any atom is 0.416 e. The molecule has 2 amide bonds. The fraction of sp³-hybridized carbons (Fsp3) is 0.593. The minimum absolute atomic E-state index is 0.00832. The van der Waals surface area contributed by atoms with E-state index >= 15 is 0 Å². The predicted octanol–water partition coefficient (Wildman–Crippen LogP) is 4.19. The molecule has 0 radical (unpaired) electrons. The number of halogens is 4. The lowest BCUT2D eigenvalue weighted by Crippen LogP contribution is -2.48. The second-order valence-corrected chi connectivity index (χ2v) is 10.7. The number of morpholine rings is 1. The molecule has 0 saturated carbocycles. The van der Waals surface area contributed by atoms with Gasteiger partial charge in [0.15, 0.2) is 5.69 Å². The van der Waals surface area contributed by atoms with Crippen molar-refractivity contribution in [3.63, 3.8) is 0 Å². The van der Waals surface area contributed by atoms with Crippen molar-refractivity contribution in [2.45, 2.75) is 76.8 Å². The number of rotatable bonds is 4. The van der Waals surface area contributed by atoms with Crippen LogP contribution in [-0.4, -0.2) is 69.8 Å². The number of carbonyl (C=O) groups is 2. The van der Waals surface area contributed by atoms with Gasteiger partial charge in [-0.1, -0.05) is 0 Å². The summed E-state index contributed by atoms with van der Waals surface area (Å²) in [5, 5.41) is 4.59. The minimum atomic E-state index is -4.62. The van der Waals surface area contributed by atoms with E-state index in [1.54, 1.807) is 14.5 Å². The standard InChI is InChI=1S/C27H32F4N4O3/c1-16-13-34(14-17(2)38-16)26(37)25-22-4-3-5-23(22)35(32-25)15-24(36)33-8-6-18(7-9-33)19-10-20(27(29,30)31)12-21(28)11-19/h10-12,16-18H,3-9,13-15H2,1-2H3/t16-,17+. The van der Waals surface area contributed by atoms with Gasteiger partial charge in [-0.15, -0.1) is 0 Å². The largest absolute Gasteiger partial charge is 0.416 e. The van der Waals surface area contributed by atoms with Gasteiger partial charge in [-0.3, -0.25) is 14.3 Å². The van der Waals surface area contributed by atoms with Crippen LogP contribution in [-0.2, 0) is 35.1 Å². The Bertz CT molecular complexity index is 1210. The molecule has 3 aliphatic rings. The first-order chi connectivity index (χ1) is 18.0. The second-order valence-electron chi connectivity index (χ2n) is 10.7. The van der Waals surface area contributed by atoms with Crippen molar-refractivity contribution in [2.75, 3.05) is 26.2 Å². The topological polar surface area (TPSA) is 67.7 Å². The van der Waals surface area contributed by atoms with Crippen LogP contribution in [0.15, 0.2) is 18.2 Å². The SMILES string of the molecule is C[C@@H]1CN(C(=O)c2nn(CC(=O)N3CCC(c4cc(F)cc(C(F)(F)F)c4)CC3)c3c2CCC3)C[C@H](C)O1. The number of alkyl halides is 3. The first kappa shape index (κ1) is 26.6. The first-order valence-electron chi connectivity index (χ1n) is 13.2. The molecule has 0 spiro atoms. The fourth-order valence-electron chi connectivity index (χ4n) is 6.01. The number of carbonyl (C=O) groups excluding carboxylic acids is 2. The van der Waals surface area contributed by atoms with Gasteiger partial charge in [-0.05, 0) is 75.6 Å². The van der Waals surface area contributed by atoms with Crippen molar-refractivity contribution in [3.8, 4) is 0 Å². The number of hydrogen-bond donors (Lipinski definition) is 0. The molecule has 1 aliphatic carbocycles. The summed E-state index contributed by atoms with van der Waals surface area (Å²) in [7, 11) is 0. The van der Waals surface area contributed by atoms with Gasteiger partial charge in [0.25, 0.3) is 5.91 Å². The number of benzene rings is 1. The lowest BCUT2D eigenvalue weighted by Gasteiger charge is -2.35. The molecule has 2 saturated heterocycles. The summed E-state index contributed by atoms with van der Waals surface area (Å²) in [6.07, 6.45) is -1.44. The molecule has 0 unspecified atom stereocenters. The number of piperidine rings is 1. The summed E-state index contributed by atoms with van der Waals surface area (Å²) in [4.78, 5) is 29.9. The molecule has 1 aromatic heterocycles. The molecule has 2 aliphatic heterocycles. The Balaban J connectivity index is 1.25. The van der Waals surface area contributed by atoms with E-state index < -0.39 is 17.6 Å². The van der Waals surface area contributed by atoms with Crippen LogP contribution in [0.1, 0.15) is 71.9 Å². The molecule has 2 atom stereocenters. The van der Waals surface area contributed by atoms with E-state index in [-0.39, 0.29) is 36.5 Å². The van der Waals surface area contributed by atoms with Crippen molar-refractivity contribution >= 4 is 11.8 Å². The zero-order valence-corrected chi connectivity index (χ0v) is 21.6. The van der Waals surface area contributed by atoms with Gasteiger partial charge in [0.1, 0.15) is 12.4 Å². The Kier molecular flexibility index (Phi) is 7.23. The molecule has 206 valence electrons. The second kappa shape index (κ2) is 10.3. The predicted molar refractivity (Wildman–Crippen MR) is 130 cm³/mol. The molecule has 1 aromatic carbocycles. The number of aromatic nitrogens is 2. The van der Waals surface area contributed by atoms with E-state index in [9.17, 15) is 27.2 Å². The van der Waals surface area contributed by atoms with Crippen molar-refractivity contribution in [3.05, 3.63) is 52.1 Å². The van der Waals surface area contributed by atoms with E-state index in [0.29, 0.717) is 56.3 Å². The molecule has 0 N–H and O–H groups in total. The Morgan fingerprint density at radius 3 is 2.37 bits per heavy atom. The molecule has 7 nitrogen and oxygen atoms in total. The van der Waals surface area contributed by atoms with Gasteiger partial charge in [0.2, 0.25) is 5.91 Å². The Hall–Kier alpha value is -2.95. The van der Waals surface area contributed by atoms with Gasteiger partial charge in [-0.25, -0.2) is 4.39 Å². The van der Waals surface area contributed by atoms with Crippen LogP contribution < -0.4 is 0 Å². The average molecular weight is 537 g/mol. The Labute approximate surface area is 218 Å². The van der Waals surface area contributed by atoms with Crippen molar-refractivity contribution < 1.29 is 31.9 Å². The van der Waals surface area contributed by atoms with Crippen molar-refractivity contribution in [2.24, 2.45) is 0 Å². The molecular weight excluding hydrogens is 504 g/mol. The zero-order chi connectivity index (χ0) is 27.2. The third-order valence-electron chi connectivity index (χ3n) is 7.77. The van der Waals surface area contributed by atoms with E-state index in [0.717, 1.165) is 42.7 Å². The highest BCUT2D eigenvalue weighted by molar-refractivity contribution is 5.94. The smallest absolute Gasteiger partial charge is 0.372 e. The van der Waals surface area contributed by atoms with Crippen molar-refractivity contribution in [1.82, 2.24) is 19.6 Å². The highest BCUT2D eigenvalue weighted by atomic mass is 19.4. The summed E-state index contributed by atoms with van der Waals surface area (Å²) in [5.74, 6) is -1.45. The normalized spacial score (nSPS) is 22.6. The van der Waals surface area contributed by atoms with Crippen LogP contribution in [0.25, 0.3) is 0 Å². The molecule has 2 fully saturated rings. The Morgan fingerprint density at radius 2 is 1.71 bits per heavy atom. The van der Waals surface area contributed by atoms with Gasteiger partial charge in [0.05, 0.1) is 17.8 Å². The summed E-state index contributed by atoms with van der Waals surface area (Å²) in [6.45, 7) is 5.59. The van der Waals surface area contributed by atoms with Crippen LogP contribution in [0.2, 0.25) is 0 Å². The van der Waals surface area contributed by atoms with Gasteiger partial charge in [0, 0.05) is 37.4 Å². The number of likely N-dealkylation sites (tertiary alicyclic amines) is 1. The molecule has 3 heterocycles. The maximum absolute atomic E-state index is 13.9. The van der Waals surface area contributed by atoms with Crippen molar-refractivity contribution in [1.29, 1.82) is 0 Å². The fourth-order valence-corrected chi connectivity index (χ4v) is 6.01. The van der Waals surface area contributed by atoms with Gasteiger partial charge in [-0.2, -0.15) is 18.3 Å². The van der Waals surface area contributed by atoms with E-state index in [1.807, 2.05) is 13.8 Å². The summed E-state index contributed by atoms with van der Waals surface area (Å²) in [5.41, 5.74) is 1.57. The molecular formula is C27H32F4N4O3. The van der Waals surface area contributed by atoms with Crippen LogP contribution in [0, 0.1) is 5.82 Å². The lowest BCUT2D eigenvalue weighted by atomic mass is 9.88. The van der Waals surface area contributed by atoms with E-state index in [4.69, 9.17) is 4.74 Å². The van der Waals surface area contributed by atoms with E-state index in [1.165, 1.54) is 0 Å². The van der Waals surface area contributed by atoms with Crippen LogP contribution in [0.4, 0.5) is 17.6 Å². The Morgan fingerprint density at radius 1 is 1.03 bits per heavy atom. The highest BCUT2D eigenvalue weighted by Gasteiger charge is 2.35. The first-order valence-corrected chi connectivity index (χ1v) is 13.2. The number of amides is 2. The summed E-state index contributed by atoms with van der Waals surface area (Å²) >= 11 is 0. The highest BCUT2D eigenvalue weighted by Crippen LogP contribution is 2.35. The number of ether oxygens (including phenoxy) is 1. The lowest BCUT2D eigenvalue weighted by molar-refractivity contribution is -0.137. The number of nitrogens with zero attached hydrogens (tertiary/aromatic N) is 4. The molecule has 2 aromatic rings. The average Bonchev–Trinajstić information content (AvgIpc) is 3.46. The third-order valence-corrected chi connectivity index (χ3v) is 7.77. The molecule has 5 rings (SSSR count).